The number of hydrogen-bond donors (Lipinski definition) is 1. The molecule has 0 aromatic heterocycles. The van der Waals surface area contributed by atoms with Crippen molar-refractivity contribution in [2.45, 2.75) is 40.3 Å². The van der Waals surface area contributed by atoms with Gasteiger partial charge in [-0.3, -0.25) is 0 Å². The van der Waals surface area contributed by atoms with Gasteiger partial charge in [0.15, 0.2) is 0 Å². The third kappa shape index (κ3) is 2.48. The summed E-state index contributed by atoms with van der Waals surface area (Å²) in [5, 5.41) is 0. The molecule has 0 unspecified atom stereocenters. The minimum Gasteiger partial charge on any atom is -0.490 e. The molecule has 0 fully saturated rings. The molecule has 0 saturated heterocycles. The standard InChI is InChI=1S/C12H19NO/c1-8(2)14-12-10(4)5-9(3)6-11(12)7-13/h5-6,8H,7,13H2,1-4H3. The average molecular weight is 193 g/mol. The van der Waals surface area contributed by atoms with Crippen LogP contribution in [0.3, 0.4) is 0 Å². The van der Waals surface area contributed by atoms with Gasteiger partial charge < -0.3 is 10.5 Å². The van der Waals surface area contributed by atoms with Crippen LogP contribution in [0.2, 0.25) is 0 Å². The van der Waals surface area contributed by atoms with Crippen molar-refractivity contribution in [3.63, 3.8) is 0 Å². The Morgan fingerprint density at radius 1 is 1.29 bits per heavy atom. The summed E-state index contributed by atoms with van der Waals surface area (Å²) >= 11 is 0. The molecule has 2 nitrogen and oxygen atoms in total. The van der Waals surface area contributed by atoms with Crippen LogP contribution in [0, 0.1) is 13.8 Å². The third-order valence-electron chi connectivity index (χ3n) is 2.07. The highest BCUT2D eigenvalue weighted by Crippen LogP contribution is 2.25. The molecule has 1 aromatic carbocycles. The summed E-state index contributed by atoms with van der Waals surface area (Å²) in [5.74, 6) is 0.952. The fourth-order valence-electron chi connectivity index (χ4n) is 1.60. The molecule has 2 N–H and O–H groups in total. The van der Waals surface area contributed by atoms with Crippen molar-refractivity contribution >= 4 is 0 Å². The zero-order valence-corrected chi connectivity index (χ0v) is 9.42. The monoisotopic (exact) mass is 193 g/mol. The summed E-state index contributed by atoms with van der Waals surface area (Å²) in [4.78, 5) is 0. The van der Waals surface area contributed by atoms with Gasteiger partial charge in [-0.25, -0.2) is 0 Å². The van der Waals surface area contributed by atoms with Crippen LogP contribution < -0.4 is 10.5 Å². The highest BCUT2D eigenvalue weighted by atomic mass is 16.5. The number of rotatable bonds is 3. The van der Waals surface area contributed by atoms with Gasteiger partial charge in [-0.15, -0.1) is 0 Å². The Balaban J connectivity index is 3.11. The number of aryl methyl sites for hydroxylation is 2. The van der Waals surface area contributed by atoms with E-state index in [0.29, 0.717) is 6.54 Å². The molecule has 0 aliphatic heterocycles. The SMILES string of the molecule is Cc1cc(C)c(OC(C)C)c(CN)c1. The molecule has 0 amide bonds. The van der Waals surface area contributed by atoms with Gasteiger partial charge in [-0.2, -0.15) is 0 Å². The van der Waals surface area contributed by atoms with Gasteiger partial charge >= 0.3 is 0 Å². The van der Waals surface area contributed by atoms with Gasteiger partial charge in [0.1, 0.15) is 5.75 Å². The van der Waals surface area contributed by atoms with Crippen LogP contribution in [0.25, 0.3) is 0 Å². The highest BCUT2D eigenvalue weighted by molar-refractivity contribution is 5.43. The van der Waals surface area contributed by atoms with Crippen molar-refractivity contribution in [3.05, 3.63) is 28.8 Å². The van der Waals surface area contributed by atoms with E-state index in [0.717, 1.165) is 11.3 Å². The van der Waals surface area contributed by atoms with E-state index >= 15 is 0 Å². The highest BCUT2D eigenvalue weighted by Gasteiger charge is 2.08. The molecule has 78 valence electrons. The molecule has 0 aliphatic rings. The molecule has 0 saturated carbocycles. The molecule has 0 atom stereocenters. The van der Waals surface area contributed by atoms with Crippen LogP contribution >= 0.6 is 0 Å². The van der Waals surface area contributed by atoms with Crippen molar-refractivity contribution in [2.24, 2.45) is 5.73 Å². The fourth-order valence-corrected chi connectivity index (χ4v) is 1.60. The van der Waals surface area contributed by atoms with E-state index in [1.165, 1.54) is 11.1 Å². The summed E-state index contributed by atoms with van der Waals surface area (Å²) in [5.41, 5.74) is 9.18. The van der Waals surface area contributed by atoms with E-state index < -0.39 is 0 Å². The zero-order valence-electron chi connectivity index (χ0n) is 9.42. The Bertz CT molecular complexity index is 318. The summed E-state index contributed by atoms with van der Waals surface area (Å²) < 4.78 is 5.74. The maximum Gasteiger partial charge on any atom is 0.127 e. The first-order chi connectivity index (χ1) is 6.54. The molecule has 14 heavy (non-hydrogen) atoms. The van der Waals surface area contributed by atoms with Gasteiger partial charge in [0.2, 0.25) is 0 Å². The van der Waals surface area contributed by atoms with E-state index in [4.69, 9.17) is 10.5 Å². The van der Waals surface area contributed by atoms with Crippen molar-refractivity contribution in [3.8, 4) is 5.75 Å². The smallest absolute Gasteiger partial charge is 0.127 e. The lowest BCUT2D eigenvalue weighted by Crippen LogP contribution is -2.10. The predicted octanol–water partition coefficient (Wildman–Crippen LogP) is 2.55. The Morgan fingerprint density at radius 2 is 1.93 bits per heavy atom. The maximum atomic E-state index is 5.74. The molecule has 0 heterocycles. The number of nitrogens with two attached hydrogens (primary N) is 1. The third-order valence-corrected chi connectivity index (χ3v) is 2.07. The van der Waals surface area contributed by atoms with Gasteiger partial charge in [0.05, 0.1) is 6.10 Å². The van der Waals surface area contributed by atoms with E-state index in [2.05, 4.69) is 26.0 Å². The quantitative estimate of drug-likeness (QED) is 0.800. The Kier molecular flexibility index (Phi) is 3.53. The van der Waals surface area contributed by atoms with Crippen LogP contribution in [0.1, 0.15) is 30.5 Å². The molecule has 2 heteroatoms. The lowest BCUT2D eigenvalue weighted by atomic mass is 10.1. The molecule has 1 aromatic rings. The van der Waals surface area contributed by atoms with Crippen LogP contribution in [0.4, 0.5) is 0 Å². The molecule has 0 spiro atoms. The van der Waals surface area contributed by atoms with E-state index in [1.807, 2.05) is 13.8 Å². The largest absolute Gasteiger partial charge is 0.490 e. The summed E-state index contributed by atoms with van der Waals surface area (Å²) in [6, 6.07) is 4.21. The van der Waals surface area contributed by atoms with Crippen molar-refractivity contribution in [2.75, 3.05) is 0 Å². The van der Waals surface area contributed by atoms with E-state index in [1.54, 1.807) is 0 Å². The predicted molar refractivity (Wildman–Crippen MR) is 59.6 cm³/mol. The number of ether oxygens (including phenoxy) is 1. The van der Waals surface area contributed by atoms with Gasteiger partial charge in [0, 0.05) is 12.1 Å². The Labute approximate surface area is 86.1 Å². The zero-order chi connectivity index (χ0) is 10.7. The lowest BCUT2D eigenvalue weighted by molar-refractivity contribution is 0.238. The van der Waals surface area contributed by atoms with Crippen molar-refractivity contribution < 1.29 is 4.74 Å². The first-order valence-electron chi connectivity index (χ1n) is 5.01. The maximum absolute atomic E-state index is 5.74. The second kappa shape index (κ2) is 4.47. The van der Waals surface area contributed by atoms with E-state index in [-0.39, 0.29) is 6.10 Å². The van der Waals surface area contributed by atoms with Crippen molar-refractivity contribution in [1.82, 2.24) is 0 Å². The normalized spacial score (nSPS) is 10.7. The molecule has 0 aliphatic carbocycles. The number of benzene rings is 1. The summed E-state index contributed by atoms with van der Waals surface area (Å²) in [6.07, 6.45) is 0.196. The molecular weight excluding hydrogens is 174 g/mol. The van der Waals surface area contributed by atoms with Gasteiger partial charge in [-0.05, 0) is 33.3 Å². The molecular formula is C12H19NO. The van der Waals surface area contributed by atoms with Crippen LogP contribution in [-0.2, 0) is 6.54 Å². The van der Waals surface area contributed by atoms with Crippen LogP contribution in [0.5, 0.6) is 5.75 Å². The lowest BCUT2D eigenvalue weighted by Gasteiger charge is -2.16. The molecule has 1 rings (SSSR count). The Morgan fingerprint density at radius 3 is 2.43 bits per heavy atom. The first kappa shape index (κ1) is 11.1. The second-order valence-corrected chi connectivity index (χ2v) is 3.94. The van der Waals surface area contributed by atoms with Gasteiger partial charge in [0.25, 0.3) is 0 Å². The van der Waals surface area contributed by atoms with E-state index in [9.17, 15) is 0 Å². The minimum absolute atomic E-state index is 0.196. The van der Waals surface area contributed by atoms with Crippen molar-refractivity contribution in [1.29, 1.82) is 0 Å². The minimum atomic E-state index is 0.196. The Hall–Kier alpha value is -1.02. The van der Waals surface area contributed by atoms with Crippen LogP contribution in [-0.4, -0.2) is 6.10 Å². The fraction of sp³-hybridized carbons (Fsp3) is 0.500. The molecule has 0 radical (unpaired) electrons. The molecule has 0 bridgehead atoms. The van der Waals surface area contributed by atoms with Crippen LogP contribution in [0.15, 0.2) is 12.1 Å². The topological polar surface area (TPSA) is 35.2 Å². The first-order valence-corrected chi connectivity index (χ1v) is 5.01. The number of hydrogen-bond acceptors (Lipinski definition) is 2. The van der Waals surface area contributed by atoms with Gasteiger partial charge in [-0.1, -0.05) is 17.7 Å². The summed E-state index contributed by atoms with van der Waals surface area (Å²) in [7, 11) is 0. The summed E-state index contributed by atoms with van der Waals surface area (Å²) in [6.45, 7) is 8.72. The average Bonchev–Trinajstić information content (AvgIpc) is 2.08. The second-order valence-electron chi connectivity index (χ2n) is 3.94.